The van der Waals surface area contributed by atoms with Gasteiger partial charge in [0.2, 0.25) is 5.75 Å². The van der Waals surface area contributed by atoms with E-state index in [9.17, 15) is 4.39 Å². The lowest BCUT2D eigenvalue weighted by molar-refractivity contribution is 0.415. The van der Waals surface area contributed by atoms with E-state index in [4.69, 9.17) is 4.74 Å². The highest BCUT2D eigenvalue weighted by Crippen LogP contribution is 2.32. The van der Waals surface area contributed by atoms with Crippen LogP contribution >= 0.6 is 22.6 Å². The third kappa shape index (κ3) is 3.27. The topological polar surface area (TPSA) is 59.1 Å². The minimum atomic E-state index is -0.275. The summed E-state index contributed by atoms with van der Waals surface area (Å²) in [6, 6.07) is 4.50. The molecule has 5 nitrogen and oxygen atoms in total. The minimum Gasteiger partial charge on any atom is -0.490 e. The van der Waals surface area contributed by atoms with Crippen LogP contribution in [-0.2, 0) is 0 Å². The van der Waals surface area contributed by atoms with Gasteiger partial charge in [-0.1, -0.05) is 0 Å². The first-order chi connectivity index (χ1) is 9.65. The Kier molecular flexibility index (Phi) is 4.94. The minimum absolute atomic E-state index is 0.275. The molecule has 0 saturated heterocycles. The monoisotopic (exact) mass is 388 g/mol. The highest BCUT2D eigenvalue weighted by Gasteiger charge is 2.13. The molecule has 20 heavy (non-hydrogen) atoms. The van der Waals surface area contributed by atoms with E-state index < -0.39 is 0 Å². The Labute approximate surface area is 130 Å². The van der Waals surface area contributed by atoms with E-state index in [1.54, 1.807) is 13.2 Å². The molecule has 0 atom stereocenters. The fourth-order valence-corrected chi connectivity index (χ4v) is 2.28. The second kappa shape index (κ2) is 6.69. The predicted octanol–water partition coefficient (Wildman–Crippen LogP) is 3.40. The van der Waals surface area contributed by atoms with E-state index in [0.29, 0.717) is 17.4 Å². The van der Waals surface area contributed by atoms with Crippen molar-refractivity contribution in [3.05, 3.63) is 33.9 Å². The number of anilines is 3. The van der Waals surface area contributed by atoms with Gasteiger partial charge in [-0.3, -0.25) is 0 Å². The average molecular weight is 388 g/mol. The molecule has 0 radical (unpaired) electrons. The van der Waals surface area contributed by atoms with Gasteiger partial charge in [-0.2, -0.15) is 0 Å². The van der Waals surface area contributed by atoms with Gasteiger partial charge in [-0.05, 0) is 47.7 Å². The molecule has 0 aliphatic carbocycles. The van der Waals surface area contributed by atoms with Crippen LogP contribution in [0.5, 0.6) is 5.75 Å². The molecule has 0 spiro atoms. The molecule has 2 rings (SSSR count). The lowest BCUT2D eigenvalue weighted by Crippen LogP contribution is -2.06. The Morgan fingerprint density at radius 3 is 2.70 bits per heavy atom. The van der Waals surface area contributed by atoms with Crippen LogP contribution in [0.25, 0.3) is 0 Å². The molecular formula is C13H14FIN4O. The Morgan fingerprint density at radius 1 is 1.30 bits per heavy atom. The summed E-state index contributed by atoms with van der Waals surface area (Å²) in [6.07, 6.45) is 1.44. The van der Waals surface area contributed by atoms with Crippen molar-refractivity contribution in [2.75, 3.05) is 24.3 Å². The summed E-state index contributed by atoms with van der Waals surface area (Å²) in [5, 5.41) is 6.23. The average Bonchev–Trinajstić information content (AvgIpc) is 2.42. The molecule has 2 N–H and O–H groups in total. The van der Waals surface area contributed by atoms with Crippen molar-refractivity contribution in [2.45, 2.75) is 6.92 Å². The summed E-state index contributed by atoms with van der Waals surface area (Å²) in [5.74, 6) is 1.39. The third-order valence-corrected chi connectivity index (χ3v) is 3.43. The van der Waals surface area contributed by atoms with Gasteiger partial charge in [0.25, 0.3) is 0 Å². The number of hydrogen-bond acceptors (Lipinski definition) is 5. The van der Waals surface area contributed by atoms with Crippen LogP contribution in [0.3, 0.4) is 0 Å². The molecule has 1 aromatic carbocycles. The van der Waals surface area contributed by atoms with Crippen LogP contribution < -0.4 is 15.4 Å². The van der Waals surface area contributed by atoms with Crippen LogP contribution in [0.4, 0.5) is 21.7 Å². The SMILES string of the molecule is CCNc1ncnc(Nc2ccc(F)cc2I)c1OC. The quantitative estimate of drug-likeness (QED) is 0.769. The zero-order valence-corrected chi connectivity index (χ0v) is 13.2. The first kappa shape index (κ1) is 14.8. The van der Waals surface area contributed by atoms with E-state index in [-0.39, 0.29) is 5.82 Å². The first-order valence-electron chi connectivity index (χ1n) is 6.00. The van der Waals surface area contributed by atoms with Gasteiger partial charge < -0.3 is 15.4 Å². The second-order valence-electron chi connectivity index (χ2n) is 3.88. The largest absolute Gasteiger partial charge is 0.490 e. The summed E-state index contributed by atoms with van der Waals surface area (Å²) in [7, 11) is 1.56. The Balaban J connectivity index is 2.35. The van der Waals surface area contributed by atoms with E-state index in [0.717, 1.165) is 15.8 Å². The van der Waals surface area contributed by atoms with Gasteiger partial charge in [0.1, 0.15) is 12.1 Å². The number of rotatable bonds is 5. The van der Waals surface area contributed by atoms with Crippen molar-refractivity contribution < 1.29 is 9.13 Å². The highest BCUT2D eigenvalue weighted by atomic mass is 127. The van der Waals surface area contributed by atoms with Crippen LogP contribution in [0, 0.1) is 9.39 Å². The Morgan fingerprint density at radius 2 is 2.05 bits per heavy atom. The summed E-state index contributed by atoms with van der Waals surface area (Å²) in [5.41, 5.74) is 0.756. The molecule has 0 bridgehead atoms. The summed E-state index contributed by atoms with van der Waals surface area (Å²) in [4.78, 5) is 8.30. The van der Waals surface area contributed by atoms with E-state index in [1.807, 2.05) is 6.92 Å². The number of hydrogen-bond donors (Lipinski definition) is 2. The number of halogens is 2. The maximum absolute atomic E-state index is 13.1. The lowest BCUT2D eigenvalue weighted by atomic mass is 10.3. The third-order valence-electron chi connectivity index (χ3n) is 2.54. The highest BCUT2D eigenvalue weighted by molar-refractivity contribution is 14.1. The van der Waals surface area contributed by atoms with Crippen molar-refractivity contribution in [3.63, 3.8) is 0 Å². The van der Waals surface area contributed by atoms with Gasteiger partial charge >= 0.3 is 0 Å². The summed E-state index contributed by atoms with van der Waals surface area (Å²) >= 11 is 2.06. The van der Waals surface area contributed by atoms with Gasteiger partial charge in [0.05, 0.1) is 12.8 Å². The van der Waals surface area contributed by atoms with Crippen LogP contribution in [0.1, 0.15) is 6.92 Å². The van der Waals surface area contributed by atoms with Crippen LogP contribution in [-0.4, -0.2) is 23.6 Å². The molecule has 1 heterocycles. The molecule has 1 aromatic heterocycles. The molecule has 0 unspecified atom stereocenters. The molecule has 7 heteroatoms. The smallest absolute Gasteiger partial charge is 0.204 e. The predicted molar refractivity (Wildman–Crippen MR) is 85.1 cm³/mol. The van der Waals surface area contributed by atoms with E-state index >= 15 is 0 Å². The first-order valence-corrected chi connectivity index (χ1v) is 7.08. The van der Waals surface area contributed by atoms with Crippen molar-refractivity contribution in [1.82, 2.24) is 9.97 Å². The lowest BCUT2D eigenvalue weighted by Gasteiger charge is -2.14. The Hall–Kier alpha value is -1.64. The maximum atomic E-state index is 13.1. The number of benzene rings is 1. The molecule has 2 aromatic rings. The number of nitrogens with zero attached hydrogens (tertiary/aromatic N) is 2. The van der Waals surface area contributed by atoms with Crippen LogP contribution in [0.2, 0.25) is 0 Å². The van der Waals surface area contributed by atoms with Gasteiger partial charge in [0, 0.05) is 10.1 Å². The van der Waals surface area contributed by atoms with Gasteiger partial charge in [-0.15, -0.1) is 0 Å². The molecule has 0 fully saturated rings. The summed E-state index contributed by atoms with van der Waals surface area (Å²) in [6.45, 7) is 2.69. The normalized spacial score (nSPS) is 10.2. The summed E-state index contributed by atoms with van der Waals surface area (Å²) < 4.78 is 19.2. The maximum Gasteiger partial charge on any atom is 0.204 e. The number of aromatic nitrogens is 2. The van der Waals surface area contributed by atoms with Crippen molar-refractivity contribution in [2.24, 2.45) is 0 Å². The zero-order valence-electron chi connectivity index (χ0n) is 11.1. The van der Waals surface area contributed by atoms with E-state index in [1.165, 1.54) is 18.5 Å². The molecule has 106 valence electrons. The molecular weight excluding hydrogens is 374 g/mol. The van der Waals surface area contributed by atoms with Gasteiger partial charge in [0.15, 0.2) is 11.6 Å². The molecule has 0 saturated carbocycles. The fourth-order valence-electron chi connectivity index (χ4n) is 1.67. The van der Waals surface area contributed by atoms with Crippen molar-refractivity contribution >= 4 is 39.9 Å². The standard InChI is InChI=1S/C13H14FIN4O/c1-3-16-12-11(20-2)13(18-7-17-12)19-10-5-4-8(14)6-9(10)15/h4-7H,3H2,1-2H3,(H2,16,17,18,19). The molecule has 0 amide bonds. The Bertz CT molecular complexity index is 609. The number of nitrogens with one attached hydrogen (secondary N) is 2. The fraction of sp³-hybridized carbons (Fsp3) is 0.231. The van der Waals surface area contributed by atoms with Gasteiger partial charge in [-0.25, -0.2) is 14.4 Å². The number of methoxy groups -OCH3 is 1. The number of ether oxygens (including phenoxy) is 1. The van der Waals surface area contributed by atoms with Crippen molar-refractivity contribution in [3.8, 4) is 5.75 Å². The molecule has 0 aliphatic rings. The second-order valence-corrected chi connectivity index (χ2v) is 5.05. The van der Waals surface area contributed by atoms with E-state index in [2.05, 4.69) is 43.2 Å². The van der Waals surface area contributed by atoms with Crippen molar-refractivity contribution in [1.29, 1.82) is 0 Å². The van der Waals surface area contributed by atoms with Crippen LogP contribution in [0.15, 0.2) is 24.5 Å². The molecule has 0 aliphatic heterocycles. The zero-order chi connectivity index (χ0) is 14.5.